The minimum atomic E-state index is -0.0266. The first-order valence-corrected chi connectivity index (χ1v) is 19.8. The highest BCUT2D eigenvalue weighted by Gasteiger charge is 2.22. The van der Waals surface area contributed by atoms with E-state index in [-0.39, 0.29) is 6.04 Å². The van der Waals surface area contributed by atoms with E-state index in [1.165, 1.54) is 97.9 Å². The normalized spacial score (nSPS) is 14.5. The molecule has 2 heteroatoms. The number of hydrogen-bond acceptors (Lipinski definition) is 1. The van der Waals surface area contributed by atoms with Crippen LogP contribution in [-0.2, 0) is 0 Å². The van der Waals surface area contributed by atoms with E-state index < -0.39 is 0 Å². The molecule has 0 spiro atoms. The van der Waals surface area contributed by atoms with Gasteiger partial charge in [-0.1, -0.05) is 164 Å². The maximum Gasteiger partial charge on any atom is 0.0707 e. The Morgan fingerprint density at radius 1 is 0.404 bits per heavy atom. The fraction of sp³-hybridized carbons (Fsp3) is 0.0182. The Balaban J connectivity index is 1.03. The Bertz CT molecular complexity index is 3490. The van der Waals surface area contributed by atoms with Crippen LogP contribution in [0.15, 0.2) is 206 Å². The van der Waals surface area contributed by atoms with Gasteiger partial charge in [0.05, 0.1) is 17.1 Å². The smallest absolute Gasteiger partial charge is 0.0707 e. The van der Waals surface area contributed by atoms with Crippen molar-refractivity contribution in [3.63, 3.8) is 0 Å². The molecule has 1 N–H and O–H groups in total. The molecule has 1 atom stereocenters. The molecule has 266 valence electrons. The Labute approximate surface area is 330 Å². The second-order valence-electron chi connectivity index (χ2n) is 15.3. The van der Waals surface area contributed by atoms with Crippen molar-refractivity contribution in [3.05, 3.63) is 223 Å². The predicted molar refractivity (Wildman–Crippen MR) is 243 cm³/mol. The zero-order valence-corrected chi connectivity index (χ0v) is 31.2. The van der Waals surface area contributed by atoms with Gasteiger partial charge in [0.1, 0.15) is 0 Å². The molecule has 57 heavy (non-hydrogen) atoms. The summed E-state index contributed by atoms with van der Waals surface area (Å²) in [6.45, 7) is 0. The number of para-hydroxylation sites is 1. The fourth-order valence-electron chi connectivity index (χ4n) is 9.42. The van der Waals surface area contributed by atoms with Crippen molar-refractivity contribution in [3.8, 4) is 5.69 Å². The summed E-state index contributed by atoms with van der Waals surface area (Å²) in [6, 6.07) is 71.2. The van der Waals surface area contributed by atoms with Gasteiger partial charge in [0.15, 0.2) is 0 Å². The largest absolute Gasteiger partial charge is 0.374 e. The molecule has 1 aliphatic heterocycles. The van der Waals surface area contributed by atoms with Crippen LogP contribution in [0.1, 0.15) is 22.7 Å². The van der Waals surface area contributed by atoms with E-state index in [0.29, 0.717) is 0 Å². The lowest BCUT2D eigenvalue weighted by atomic mass is 9.92. The molecule has 2 nitrogen and oxygen atoms in total. The molecule has 0 fully saturated rings. The fourth-order valence-corrected chi connectivity index (χ4v) is 9.42. The van der Waals surface area contributed by atoms with Crippen LogP contribution in [0.4, 0.5) is 0 Å². The van der Waals surface area contributed by atoms with Crippen molar-refractivity contribution in [1.82, 2.24) is 9.88 Å². The molecule has 10 aromatic carbocycles. The average Bonchev–Trinajstić information content (AvgIpc) is 3.64. The molecule has 2 heterocycles. The van der Waals surface area contributed by atoms with Gasteiger partial charge in [-0.2, -0.15) is 0 Å². The minimum Gasteiger partial charge on any atom is -0.374 e. The first-order valence-electron chi connectivity index (χ1n) is 19.8. The molecule has 12 rings (SSSR count). The predicted octanol–water partition coefficient (Wildman–Crippen LogP) is 14.3. The highest BCUT2D eigenvalue weighted by atomic mass is 15.0. The Kier molecular flexibility index (Phi) is 7.02. The molecule has 0 bridgehead atoms. The summed E-state index contributed by atoms with van der Waals surface area (Å²) in [6.07, 6.45) is 4.70. The second kappa shape index (κ2) is 12.6. The van der Waals surface area contributed by atoms with Gasteiger partial charge in [-0.05, 0) is 108 Å². The van der Waals surface area contributed by atoms with Gasteiger partial charge in [0.2, 0.25) is 0 Å². The summed E-state index contributed by atoms with van der Waals surface area (Å²) in [5.74, 6) is 0. The average molecular weight is 725 g/mol. The van der Waals surface area contributed by atoms with Gasteiger partial charge >= 0.3 is 0 Å². The topological polar surface area (TPSA) is 17.0 Å². The first-order chi connectivity index (χ1) is 28.2. The number of nitrogens with one attached hydrogen (secondary N) is 1. The highest BCUT2D eigenvalue weighted by molar-refractivity contribution is 6.36. The molecule has 11 aromatic rings. The van der Waals surface area contributed by atoms with Crippen LogP contribution in [0.3, 0.4) is 0 Å². The third-order valence-electron chi connectivity index (χ3n) is 12.1. The number of allylic oxidation sites excluding steroid dienone is 2. The maximum absolute atomic E-state index is 3.94. The van der Waals surface area contributed by atoms with Crippen molar-refractivity contribution in [2.24, 2.45) is 0 Å². The summed E-state index contributed by atoms with van der Waals surface area (Å²) in [7, 11) is 0. The van der Waals surface area contributed by atoms with Gasteiger partial charge in [-0.15, -0.1) is 0 Å². The quantitative estimate of drug-likeness (QED) is 0.179. The van der Waals surface area contributed by atoms with E-state index in [9.17, 15) is 0 Å². The number of rotatable bonds is 4. The van der Waals surface area contributed by atoms with Gasteiger partial charge < -0.3 is 9.88 Å². The minimum absolute atomic E-state index is 0.0266. The summed E-state index contributed by atoms with van der Waals surface area (Å²) in [4.78, 5) is 0. The molecule has 1 aliphatic rings. The van der Waals surface area contributed by atoms with Crippen LogP contribution in [-0.4, -0.2) is 4.57 Å². The van der Waals surface area contributed by atoms with Crippen molar-refractivity contribution in [1.29, 1.82) is 0 Å². The number of benzene rings is 10. The van der Waals surface area contributed by atoms with E-state index in [1.807, 2.05) is 0 Å². The Morgan fingerprint density at radius 3 is 1.74 bits per heavy atom. The first kappa shape index (κ1) is 31.9. The molecular weight excluding hydrogens is 689 g/mol. The van der Waals surface area contributed by atoms with Crippen molar-refractivity contribution in [2.45, 2.75) is 6.04 Å². The van der Waals surface area contributed by atoms with Crippen LogP contribution in [0.25, 0.3) is 92.6 Å². The van der Waals surface area contributed by atoms with E-state index in [4.69, 9.17) is 0 Å². The molecule has 0 amide bonds. The molecule has 0 radical (unpaired) electrons. The highest BCUT2D eigenvalue weighted by Crippen LogP contribution is 2.45. The number of nitrogens with zero attached hydrogens (tertiary/aromatic N) is 1. The monoisotopic (exact) mass is 724 g/mol. The third kappa shape index (κ3) is 5.04. The number of dihydropyridines is 1. The van der Waals surface area contributed by atoms with E-state index >= 15 is 0 Å². The molecule has 1 aromatic heterocycles. The van der Waals surface area contributed by atoms with Crippen LogP contribution in [0.2, 0.25) is 0 Å². The third-order valence-corrected chi connectivity index (χ3v) is 12.1. The summed E-state index contributed by atoms with van der Waals surface area (Å²) in [5.41, 5.74) is 9.55. The Morgan fingerprint density at radius 2 is 0.982 bits per heavy atom. The lowest BCUT2D eigenvalue weighted by Crippen LogP contribution is -2.21. The van der Waals surface area contributed by atoms with Crippen LogP contribution < -0.4 is 5.32 Å². The molecule has 0 aliphatic carbocycles. The second-order valence-corrected chi connectivity index (χ2v) is 15.3. The van der Waals surface area contributed by atoms with Gasteiger partial charge in [-0.3, -0.25) is 0 Å². The van der Waals surface area contributed by atoms with Crippen LogP contribution in [0.5, 0.6) is 0 Å². The molecular formula is C55H36N2. The van der Waals surface area contributed by atoms with Crippen molar-refractivity contribution in [2.75, 3.05) is 0 Å². The van der Waals surface area contributed by atoms with E-state index in [1.54, 1.807) is 0 Å². The van der Waals surface area contributed by atoms with Crippen molar-refractivity contribution < 1.29 is 0 Å². The van der Waals surface area contributed by atoms with Crippen LogP contribution >= 0.6 is 0 Å². The maximum atomic E-state index is 3.94. The summed E-state index contributed by atoms with van der Waals surface area (Å²) in [5, 5.41) is 19.2. The number of aromatic nitrogens is 1. The molecule has 0 saturated heterocycles. The molecule has 0 saturated carbocycles. The molecule has 1 unspecified atom stereocenters. The number of hydrogen-bond donors (Lipinski definition) is 1. The van der Waals surface area contributed by atoms with Gasteiger partial charge in [0.25, 0.3) is 0 Å². The Hall–Kier alpha value is -7.42. The van der Waals surface area contributed by atoms with E-state index in [2.05, 4.69) is 216 Å². The summed E-state index contributed by atoms with van der Waals surface area (Å²) >= 11 is 0. The van der Waals surface area contributed by atoms with Gasteiger partial charge in [0, 0.05) is 32.9 Å². The zero-order chi connectivity index (χ0) is 37.5. The van der Waals surface area contributed by atoms with Gasteiger partial charge in [-0.25, -0.2) is 0 Å². The standard InChI is InChI=1S/C55H36N2/c1-3-14-39-31-41(23-21-35(39)11-1)43-33-50(56-51(34-43)42-24-22-36-12-2-4-15-40(36)32-42)38-25-28-44(29-26-38)57-52-20-10-9-19-49(52)54-53-45-16-6-5-13-37(45)27-30-47(53)46-17-7-8-18-48(46)55(54)57/h1-34,50,56H. The zero-order valence-electron chi connectivity index (χ0n) is 31.2. The summed E-state index contributed by atoms with van der Waals surface area (Å²) < 4.78 is 2.49. The lowest BCUT2D eigenvalue weighted by molar-refractivity contribution is 0.766. The lowest BCUT2D eigenvalue weighted by Gasteiger charge is -2.26. The van der Waals surface area contributed by atoms with Crippen molar-refractivity contribution >= 4 is 86.9 Å². The van der Waals surface area contributed by atoms with Crippen LogP contribution in [0, 0.1) is 0 Å². The SMILES string of the molecule is C1=C(c2ccc3ccccc3c2)C=C(c2ccc3ccccc3c2)NC1c1ccc(-n2c3ccccc3c3c4c5ccccc5ccc4c4ccccc4c32)cc1. The number of fused-ring (bicyclic) bond motifs is 12. The van der Waals surface area contributed by atoms with E-state index in [0.717, 1.165) is 11.4 Å².